The Morgan fingerprint density at radius 3 is 2.00 bits per heavy atom. The van der Waals surface area contributed by atoms with E-state index in [9.17, 15) is 4.79 Å². The van der Waals surface area contributed by atoms with E-state index in [0.29, 0.717) is 11.7 Å². The molecule has 0 heterocycles. The van der Waals surface area contributed by atoms with Gasteiger partial charge < -0.3 is 9.47 Å². The van der Waals surface area contributed by atoms with E-state index in [1.165, 1.54) is 6.08 Å². The Kier molecular flexibility index (Phi) is 10.6. The summed E-state index contributed by atoms with van der Waals surface area (Å²) in [6.07, 6.45) is 20.5. The minimum absolute atomic E-state index is 0. The number of benzene rings is 1. The van der Waals surface area contributed by atoms with E-state index in [1.54, 1.807) is 33.1 Å². The Morgan fingerprint density at radius 1 is 0.880 bits per heavy atom. The molecule has 3 nitrogen and oxygen atoms in total. The second-order valence-corrected chi connectivity index (χ2v) is 4.94. The second kappa shape index (κ2) is 12.2. The normalized spacial score (nSPS) is 16.9. The fraction of sp³-hybridized carbons (Fsp3) is 0.0952. The third-order valence-corrected chi connectivity index (χ3v) is 3.35. The maximum absolute atomic E-state index is 11.9. The maximum Gasteiger partial charge on any atom is 2.00 e. The van der Waals surface area contributed by atoms with Crippen molar-refractivity contribution in [1.82, 2.24) is 0 Å². The zero-order valence-corrected chi connectivity index (χ0v) is 15.3. The molecule has 0 aliphatic heterocycles. The molecule has 2 aliphatic rings. The number of hydrogen-bond acceptors (Lipinski definition) is 3. The number of ether oxygens (including phenoxy) is 2. The standard InChI is InChI=1S/C16H15O3.C5H5.Fe/c1-18-14-8-10-16(19-2)13(11-14)7-9-15(17)12-5-3-4-6-12;1-2-4-5-3-1;/h3-11H,1-2H3;1-5H;/q;;+2/b9-7+;;. The molecule has 0 amide bonds. The summed E-state index contributed by atoms with van der Waals surface area (Å²) >= 11 is 0. The van der Waals surface area contributed by atoms with Crippen molar-refractivity contribution in [2.45, 2.75) is 0 Å². The van der Waals surface area contributed by atoms with Gasteiger partial charge in [0.25, 0.3) is 0 Å². The van der Waals surface area contributed by atoms with E-state index in [2.05, 4.69) is 0 Å². The van der Waals surface area contributed by atoms with Gasteiger partial charge in [-0.15, -0.1) is 0 Å². The molecule has 1 aromatic carbocycles. The molecule has 128 valence electrons. The monoisotopic (exact) mass is 376 g/mol. The molecule has 25 heavy (non-hydrogen) atoms. The summed E-state index contributed by atoms with van der Waals surface area (Å²) in [6.45, 7) is 0. The molecule has 2 saturated carbocycles. The smallest absolute Gasteiger partial charge is 0.497 e. The van der Waals surface area contributed by atoms with Gasteiger partial charge in [-0.1, -0.05) is 0 Å². The SMILES string of the molecule is COc1ccc(OC)c(/C=C/C(=O)[C]2[CH][CH][CH][CH]2)c1.[CH]1[CH][CH][CH][CH]1.[Fe+2]. The van der Waals surface area contributed by atoms with Crippen molar-refractivity contribution >= 4 is 11.9 Å². The maximum atomic E-state index is 11.9. The summed E-state index contributed by atoms with van der Waals surface area (Å²) < 4.78 is 10.4. The molecule has 0 saturated heterocycles. The number of allylic oxidation sites excluding steroid dienone is 1. The van der Waals surface area contributed by atoms with Crippen molar-refractivity contribution < 1.29 is 31.3 Å². The van der Waals surface area contributed by atoms with E-state index < -0.39 is 0 Å². The van der Waals surface area contributed by atoms with E-state index >= 15 is 0 Å². The summed E-state index contributed by atoms with van der Waals surface area (Å²) in [5.41, 5.74) is 0.807. The van der Waals surface area contributed by atoms with Gasteiger partial charge in [0.05, 0.1) is 20.1 Å². The molecule has 0 bridgehead atoms. The summed E-state index contributed by atoms with van der Waals surface area (Å²) in [7, 11) is 3.20. The fourth-order valence-electron chi connectivity index (χ4n) is 2.09. The van der Waals surface area contributed by atoms with Gasteiger partial charge in [-0.2, -0.15) is 0 Å². The van der Waals surface area contributed by atoms with Crippen LogP contribution in [0.1, 0.15) is 5.56 Å². The minimum atomic E-state index is -0.0325. The topological polar surface area (TPSA) is 35.5 Å². The third-order valence-electron chi connectivity index (χ3n) is 3.35. The zero-order chi connectivity index (χ0) is 17.2. The largest absolute Gasteiger partial charge is 2.00 e. The van der Waals surface area contributed by atoms with Crippen molar-refractivity contribution in [2.75, 3.05) is 14.2 Å². The van der Waals surface area contributed by atoms with Crippen LogP contribution >= 0.6 is 0 Å². The number of carbonyl (C=O) groups excluding carboxylic acids is 1. The molecule has 0 spiro atoms. The van der Waals surface area contributed by atoms with Crippen LogP contribution in [-0.4, -0.2) is 20.0 Å². The van der Waals surface area contributed by atoms with Crippen LogP contribution in [0.3, 0.4) is 0 Å². The molecular formula is C21H20FeO3+2. The number of hydrogen-bond donors (Lipinski definition) is 0. The Labute approximate surface area is 162 Å². The molecule has 0 unspecified atom stereocenters. The van der Waals surface area contributed by atoms with Crippen LogP contribution in [0, 0.1) is 63.7 Å². The van der Waals surface area contributed by atoms with Crippen molar-refractivity contribution in [3.63, 3.8) is 0 Å². The molecule has 10 radical (unpaired) electrons. The molecule has 0 atom stereocenters. The second-order valence-electron chi connectivity index (χ2n) is 4.94. The molecule has 4 heteroatoms. The average molecular weight is 376 g/mol. The van der Waals surface area contributed by atoms with E-state index in [0.717, 1.165) is 11.3 Å². The van der Waals surface area contributed by atoms with E-state index in [1.807, 2.05) is 63.1 Å². The third kappa shape index (κ3) is 7.25. The van der Waals surface area contributed by atoms with Gasteiger partial charge in [-0.05, 0) is 88.1 Å². The van der Waals surface area contributed by atoms with Crippen molar-refractivity contribution in [3.05, 3.63) is 93.5 Å². The van der Waals surface area contributed by atoms with Gasteiger partial charge in [0.15, 0.2) is 5.78 Å². The molecule has 1 aromatic rings. The number of ketones is 1. The van der Waals surface area contributed by atoms with Crippen LogP contribution < -0.4 is 9.47 Å². The van der Waals surface area contributed by atoms with Crippen molar-refractivity contribution in [3.8, 4) is 11.5 Å². The Balaban J connectivity index is 0.000000448. The first-order valence-corrected chi connectivity index (χ1v) is 7.57. The Bertz CT molecular complexity index is 536. The Morgan fingerprint density at radius 2 is 1.48 bits per heavy atom. The van der Waals surface area contributed by atoms with E-state index in [4.69, 9.17) is 9.47 Å². The van der Waals surface area contributed by atoms with Crippen molar-refractivity contribution in [2.24, 2.45) is 0 Å². The number of methoxy groups -OCH3 is 2. The van der Waals surface area contributed by atoms with Crippen molar-refractivity contribution in [1.29, 1.82) is 0 Å². The quantitative estimate of drug-likeness (QED) is 0.581. The molecule has 0 aromatic heterocycles. The summed E-state index contributed by atoms with van der Waals surface area (Å²) in [5, 5.41) is 0. The fourth-order valence-corrected chi connectivity index (χ4v) is 2.09. The molecular weight excluding hydrogens is 356 g/mol. The van der Waals surface area contributed by atoms with Crippen LogP contribution in [0.2, 0.25) is 0 Å². The minimum Gasteiger partial charge on any atom is -0.497 e. The van der Waals surface area contributed by atoms with Gasteiger partial charge >= 0.3 is 17.1 Å². The number of rotatable bonds is 5. The van der Waals surface area contributed by atoms with Gasteiger partial charge in [0.1, 0.15) is 11.5 Å². The van der Waals surface area contributed by atoms with Gasteiger partial charge in [-0.3, -0.25) is 4.79 Å². The molecule has 2 aliphatic carbocycles. The first-order valence-electron chi connectivity index (χ1n) is 7.57. The van der Waals surface area contributed by atoms with Crippen LogP contribution in [0.15, 0.2) is 24.3 Å². The summed E-state index contributed by atoms with van der Waals surface area (Å²) in [4.78, 5) is 11.9. The predicted octanol–water partition coefficient (Wildman–Crippen LogP) is 3.71. The van der Waals surface area contributed by atoms with Crippen LogP contribution in [0.5, 0.6) is 11.5 Å². The molecule has 0 N–H and O–H groups in total. The van der Waals surface area contributed by atoms with Crippen LogP contribution in [0.25, 0.3) is 6.08 Å². The zero-order valence-electron chi connectivity index (χ0n) is 14.2. The van der Waals surface area contributed by atoms with Crippen LogP contribution in [0.4, 0.5) is 0 Å². The van der Waals surface area contributed by atoms with Gasteiger partial charge in [-0.25, -0.2) is 0 Å². The Hall–Kier alpha value is -1.25. The molecule has 3 rings (SSSR count). The summed E-state index contributed by atoms with van der Waals surface area (Å²) in [5.74, 6) is 2.07. The van der Waals surface area contributed by atoms with Gasteiger partial charge in [0.2, 0.25) is 0 Å². The predicted molar refractivity (Wildman–Crippen MR) is 95.5 cm³/mol. The van der Waals surface area contributed by atoms with Gasteiger partial charge in [0, 0.05) is 5.56 Å². The first-order chi connectivity index (χ1) is 11.7. The summed E-state index contributed by atoms with van der Waals surface area (Å²) in [6, 6.07) is 5.45. The van der Waals surface area contributed by atoms with Crippen LogP contribution in [-0.2, 0) is 21.9 Å². The average Bonchev–Trinajstić information content (AvgIpc) is 3.35. The first kappa shape index (κ1) is 21.8. The molecule has 2 fully saturated rings. The number of carbonyl (C=O) groups is 1. The van der Waals surface area contributed by atoms with E-state index in [-0.39, 0.29) is 22.9 Å².